The Morgan fingerprint density at radius 2 is 1.79 bits per heavy atom. The van der Waals surface area contributed by atoms with Gasteiger partial charge in [-0.2, -0.15) is 0 Å². The second-order valence-corrected chi connectivity index (χ2v) is 7.96. The van der Waals surface area contributed by atoms with Gasteiger partial charge in [-0.05, 0) is 37.3 Å². The molecule has 33 heavy (non-hydrogen) atoms. The zero-order valence-corrected chi connectivity index (χ0v) is 19.0. The number of benzene rings is 1. The Labute approximate surface area is 192 Å². The number of aryl methyl sites for hydroxylation is 1. The van der Waals surface area contributed by atoms with Gasteiger partial charge in [-0.1, -0.05) is 0 Å². The number of ether oxygens (including phenoxy) is 3. The Kier molecular flexibility index (Phi) is 6.71. The number of rotatable bonds is 7. The summed E-state index contributed by atoms with van der Waals surface area (Å²) in [6.07, 6.45) is 0. The summed E-state index contributed by atoms with van der Waals surface area (Å²) in [5.74, 6) is 0.257. The predicted octanol–water partition coefficient (Wildman–Crippen LogP) is 2.36. The molecule has 9 nitrogen and oxygen atoms in total. The van der Waals surface area contributed by atoms with Gasteiger partial charge in [0.2, 0.25) is 0 Å². The molecule has 0 bridgehead atoms. The first-order valence-corrected chi connectivity index (χ1v) is 10.8. The van der Waals surface area contributed by atoms with E-state index in [4.69, 9.17) is 18.6 Å². The monoisotopic (exact) mass is 456 g/mol. The minimum atomic E-state index is -0.826. The first kappa shape index (κ1) is 22.9. The molecule has 0 aliphatic carbocycles. The van der Waals surface area contributed by atoms with Crippen molar-refractivity contribution in [1.29, 1.82) is 0 Å². The van der Waals surface area contributed by atoms with Crippen LogP contribution in [0, 0.1) is 6.92 Å². The van der Waals surface area contributed by atoms with E-state index in [0.717, 1.165) is 13.1 Å². The minimum absolute atomic E-state index is 0.0106. The van der Waals surface area contributed by atoms with Gasteiger partial charge >= 0.3 is 0 Å². The van der Waals surface area contributed by atoms with Crippen molar-refractivity contribution in [2.45, 2.75) is 13.0 Å². The Morgan fingerprint density at radius 1 is 1.06 bits per heavy atom. The predicted molar refractivity (Wildman–Crippen MR) is 119 cm³/mol. The number of amides is 1. The third-order valence-corrected chi connectivity index (χ3v) is 5.99. The van der Waals surface area contributed by atoms with Crippen LogP contribution >= 0.6 is 0 Å². The molecule has 1 unspecified atom stereocenters. The van der Waals surface area contributed by atoms with Gasteiger partial charge in [-0.3, -0.25) is 14.5 Å². The Balaban J connectivity index is 1.73. The second kappa shape index (κ2) is 9.68. The molecule has 1 N–H and O–H groups in total. The average Bonchev–Trinajstić information content (AvgIpc) is 3.38. The summed E-state index contributed by atoms with van der Waals surface area (Å²) in [5, 5.41) is 11.2. The lowest BCUT2D eigenvalue weighted by atomic mass is 9.99. The molecule has 2 saturated heterocycles. The van der Waals surface area contributed by atoms with Crippen LogP contribution in [0.2, 0.25) is 0 Å². The van der Waals surface area contributed by atoms with Crippen LogP contribution < -0.4 is 9.47 Å². The summed E-state index contributed by atoms with van der Waals surface area (Å²) in [7, 11) is 2.99. The molecule has 3 heterocycles. The van der Waals surface area contributed by atoms with Crippen LogP contribution in [0.3, 0.4) is 0 Å². The van der Waals surface area contributed by atoms with E-state index in [1.54, 1.807) is 37.3 Å². The highest BCUT2D eigenvalue weighted by atomic mass is 16.5. The molecule has 9 heteroatoms. The van der Waals surface area contributed by atoms with Gasteiger partial charge in [0.05, 0.1) is 33.0 Å². The van der Waals surface area contributed by atoms with E-state index >= 15 is 0 Å². The standard InChI is InChI=1S/C24H28N2O7/c1-15-4-6-18(33-15)21-20(22(27)16-5-7-17(30-2)19(14-16)31-3)23(28)24(29)26(21)9-8-25-10-12-32-13-11-25/h4-7,14,21,27H,8-13H2,1-3H3/b22-20+. The molecule has 2 fully saturated rings. The number of furan rings is 1. The zero-order chi connectivity index (χ0) is 23.5. The van der Waals surface area contributed by atoms with Gasteiger partial charge < -0.3 is 28.6 Å². The van der Waals surface area contributed by atoms with E-state index in [9.17, 15) is 14.7 Å². The summed E-state index contributed by atoms with van der Waals surface area (Å²) in [4.78, 5) is 29.8. The van der Waals surface area contributed by atoms with Crippen LogP contribution in [0.5, 0.6) is 11.5 Å². The first-order chi connectivity index (χ1) is 15.9. The molecule has 0 radical (unpaired) electrons. The van der Waals surface area contributed by atoms with Crippen molar-refractivity contribution in [3.63, 3.8) is 0 Å². The molecule has 176 valence electrons. The molecule has 0 spiro atoms. The summed E-state index contributed by atoms with van der Waals surface area (Å²) >= 11 is 0. The maximum atomic E-state index is 13.1. The van der Waals surface area contributed by atoms with Crippen molar-refractivity contribution in [3.05, 3.63) is 53.0 Å². The van der Waals surface area contributed by atoms with Crippen LogP contribution in [0.25, 0.3) is 5.76 Å². The number of ketones is 1. The summed E-state index contributed by atoms with van der Waals surface area (Å²) < 4.78 is 21.8. The van der Waals surface area contributed by atoms with Crippen molar-refractivity contribution in [2.24, 2.45) is 0 Å². The van der Waals surface area contributed by atoms with Crippen molar-refractivity contribution >= 4 is 17.4 Å². The Hall–Kier alpha value is -3.30. The number of hydrogen-bond acceptors (Lipinski definition) is 8. The number of Topliss-reactive ketones (excluding diaryl/α,β-unsaturated/α-hetero) is 1. The van der Waals surface area contributed by atoms with Gasteiger partial charge in [0.15, 0.2) is 11.5 Å². The van der Waals surface area contributed by atoms with Gasteiger partial charge in [-0.15, -0.1) is 0 Å². The number of morpholine rings is 1. The number of hydrogen-bond donors (Lipinski definition) is 1. The maximum absolute atomic E-state index is 13.1. The van der Waals surface area contributed by atoms with E-state index in [-0.39, 0.29) is 11.3 Å². The smallest absolute Gasteiger partial charge is 0.295 e. The largest absolute Gasteiger partial charge is 0.507 e. The molecule has 4 rings (SSSR count). The topological polar surface area (TPSA) is 102 Å². The Bertz CT molecular complexity index is 1070. The molecule has 2 aromatic rings. The molecule has 1 aromatic heterocycles. The third-order valence-electron chi connectivity index (χ3n) is 5.99. The number of nitrogens with zero attached hydrogens (tertiary/aromatic N) is 2. The molecule has 1 atom stereocenters. The third kappa shape index (κ3) is 4.46. The normalized spacial score (nSPS) is 20.9. The van der Waals surface area contributed by atoms with Crippen molar-refractivity contribution < 1.29 is 33.3 Å². The summed E-state index contributed by atoms with van der Waals surface area (Å²) in [6, 6.07) is 7.49. The lowest BCUT2D eigenvalue weighted by molar-refractivity contribution is -0.140. The lowest BCUT2D eigenvalue weighted by Gasteiger charge is -2.30. The highest BCUT2D eigenvalue weighted by molar-refractivity contribution is 6.46. The highest BCUT2D eigenvalue weighted by Crippen LogP contribution is 2.41. The summed E-state index contributed by atoms with van der Waals surface area (Å²) in [6.45, 7) is 5.50. The number of methoxy groups -OCH3 is 2. The van der Waals surface area contributed by atoms with Crippen LogP contribution in [0.1, 0.15) is 23.1 Å². The SMILES string of the molecule is COc1ccc(/C(O)=C2\C(=O)C(=O)N(CCN3CCOCC3)C2c2ccc(C)o2)cc1OC. The fraction of sp³-hybridized carbons (Fsp3) is 0.417. The number of likely N-dealkylation sites (tertiary alicyclic amines) is 1. The van der Waals surface area contributed by atoms with E-state index in [0.29, 0.717) is 54.9 Å². The van der Waals surface area contributed by atoms with Crippen LogP contribution in [0.4, 0.5) is 0 Å². The second-order valence-electron chi connectivity index (χ2n) is 7.96. The lowest BCUT2D eigenvalue weighted by Crippen LogP contribution is -2.42. The fourth-order valence-electron chi connectivity index (χ4n) is 4.22. The molecule has 2 aliphatic rings. The van der Waals surface area contributed by atoms with E-state index < -0.39 is 17.7 Å². The quantitative estimate of drug-likeness (QED) is 0.385. The zero-order valence-electron chi connectivity index (χ0n) is 19.0. The number of carbonyl (C=O) groups is 2. The van der Waals surface area contributed by atoms with Crippen LogP contribution in [0.15, 0.2) is 40.3 Å². The molecule has 1 amide bonds. The average molecular weight is 456 g/mol. The number of aliphatic hydroxyl groups excluding tert-OH is 1. The minimum Gasteiger partial charge on any atom is -0.507 e. The van der Waals surface area contributed by atoms with Crippen molar-refractivity contribution in [2.75, 3.05) is 53.6 Å². The van der Waals surface area contributed by atoms with Crippen LogP contribution in [-0.2, 0) is 14.3 Å². The van der Waals surface area contributed by atoms with Gasteiger partial charge in [0, 0.05) is 31.7 Å². The van der Waals surface area contributed by atoms with Gasteiger partial charge in [0.1, 0.15) is 23.3 Å². The summed E-state index contributed by atoms with van der Waals surface area (Å²) in [5.41, 5.74) is 0.329. The molecular weight excluding hydrogens is 428 g/mol. The number of carbonyl (C=O) groups excluding carboxylic acids is 2. The molecule has 2 aliphatic heterocycles. The van der Waals surface area contributed by atoms with Crippen LogP contribution in [-0.4, -0.2) is 80.2 Å². The maximum Gasteiger partial charge on any atom is 0.295 e. The van der Waals surface area contributed by atoms with E-state index in [1.165, 1.54) is 19.1 Å². The molecule has 0 saturated carbocycles. The Morgan fingerprint density at radius 3 is 2.42 bits per heavy atom. The van der Waals surface area contributed by atoms with Gasteiger partial charge in [0.25, 0.3) is 11.7 Å². The molecular formula is C24H28N2O7. The molecule has 1 aromatic carbocycles. The first-order valence-electron chi connectivity index (χ1n) is 10.8. The van der Waals surface area contributed by atoms with Crippen molar-refractivity contribution in [1.82, 2.24) is 9.80 Å². The van der Waals surface area contributed by atoms with Crippen molar-refractivity contribution in [3.8, 4) is 11.5 Å². The number of aliphatic hydroxyl groups is 1. The van der Waals surface area contributed by atoms with E-state index in [2.05, 4.69) is 4.90 Å². The van der Waals surface area contributed by atoms with E-state index in [1.807, 2.05) is 0 Å². The fourth-order valence-corrected chi connectivity index (χ4v) is 4.22. The van der Waals surface area contributed by atoms with Gasteiger partial charge in [-0.25, -0.2) is 0 Å². The highest BCUT2D eigenvalue weighted by Gasteiger charge is 2.47.